The number of anilines is 1. The Morgan fingerprint density at radius 3 is 2.50 bits per heavy atom. The number of methoxy groups -OCH3 is 2. The van der Waals surface area contributed by atoms with Gasteiger partial charge in [0.25, 0.3) is 5.91 Å². The SMILES string of the molecule is COc1ccc(C=C2SC(=S)N(c3ccc(O)c(C(=O)O)c3)C2=O)cc1OC. The molecule has 1 aliphatic rings. The molecule has 0 aromatic heterocycles. The molecule has 0 bridgehead atoms. The lowest BCUT2D eigenvalue weighted by Crippen LogP contribution is -2.27. The van der Waals surface area contributed by atoms with Crippen molar-refractivity contribution < 1.29 is 29.3 Å². The summed E-state index contributed by atoms with van der Waals surface area (Å²) in [5.41, 5.74) is 0.680. The summed E-state index contributed by atoms with van der Waals surface area (Å²) >= 11 is 6.40. The van der Waals surface area contributed by atoms with Crippen LogP contribution < -0.4 is 14.4 Å². The van der Waals surface area contributed by atoms with Crippen molar-refractivity contribution in [2.24, 2.45) is 0 Å². The van der Waals surface area contributed by atoms with Gasteiger partial charge in [-0.05, 0) is 42.0 Å². The molecular weight excluding hydrogens is 402 g/mol. The number of rotatable bonds is 5. The Bertz CT molecular complexity index is 1020. The van der Waals surface area contributed by atoms with Crippen molar-refractivity contribution in [3.63, 3.8) is 0 Å². The second-order valence-electron chi connectivity index (χ2n) is 5.64. The standard InChI is InChI=1S/C19H15NO6S2/c1-25-14-6-3-10(7-15(14)26-2)8-16-17(22)20(19(27)28-16)11-4-5-13(21)12(9-11)18(23)24/h3-9,21H,1-2H3,(H,23,24). The van der Waals surface area contributed by atoms with Crippen LogP contribution in [0.15, 0.2) is 41.3 Å². The molecule has 0 aliphatic carbocycles. The second-order valence-corrected chi connectivity index (χ2v) is 7.31. The Balaban J connectivity index is 1.95. The maximum atomic E-state index is 12.8. The first-order valence-electron chi connectivity index (χ1n) is 7.92. The van der Waals surface area contributed by atoms with Crippen LogP contribution in [0.2, 0.25) is 0 Å². The minimum Gasteiger partial charge on any atom is -0.507 e. The van der Waals surface area contributed by atoms with Crippen molar-refractivity contribution in [1.29, 1.82) is 0 Å². The van der Waals surface area contributed by atoms with Crippen molar-refractivity contribution >= 4 is 51.9 Å². The topological polar surface area (TPSA) is 96.3 Å². The number of hydrogen-bond donors (Lipinski definition) is 2. The molecular formula is C19H15NO6S2. The molecule has 1 aliphatic heterocycles. The zero-order chi connectivity index (χ0) is 20.4. The maximum absolute atomic E-state index is 12.8. The molecule has 1 fully saturated rings. The Morgan fingerprint density at radius 2 is 1.86 bits per heavy atom. The van der Waals surface area contributed by atoms with E-state index in [2.05, 4.69) is 0 Å². The van der Waals surface area contributed by atoms with Gasteiger partial charge in [-0.15, -0.1) is 0 Å². The number of nitrogens with zero attached hydrogens (tertiary/aromatic N) is 1. The van der Waals surface area contributed by atoms with Gasteiger partial charge in [0.15, 0.2) is 15.8 Å². The largest absolute Gasteiger partial charge is 0.507 e. The molecule has 7 nitrogen and oxygen atoms in total. The number of hydrogen-bond acceptors (Lipinski definition) is 7. The predicted molar refractivity (Wildman–Crippen MR) is 110 cm³/mol. The maximum Gasteiger partial charge on any atom is 0.339 e. The average molecular weight is 417 g/mol. The van der Waals surface area contributed by atoms with Crippen molar-refractivity contribution in [2.45, 2.75) is 0 Å². The highest BCUT2D eigenvalue weighted by molar-refractivity contribution is 8.27. The van der Waals surface area contributed by atoms with Crippen LogP contribution in [0.25, 0.3) is 6.08 Å². The van der Waals surface area contributed by atoms with E-state index in [1.54, 1.807) is 24.3 Å². The highest BCUT2D eigenvalue weighted by atomic mass is 32.2. The van der Waals surface area contributed by atoms with Gasteiger partial charge >= 0.3 is 5.97 Å². The summed E-state index contributed by atoms with van der Waals surface area (Å²) in [6.07, 6.45) is 1.67. The molecule has 0 atom stereocenters. The molecule has 1 saturated heterocycles. The summed E-state index contributed by atoms with van der Waals surface area (Å²) in [5, 5.41) is 18.8. The first-order chi connectivity index (χ1) is 13.3. The zero-order valence-corrected chi connectivity index (χ0v) is 16.5. The first kappa shape index (κ1) is 19.7. The fourth-order valence-corrected chi connectivity index (χ4v) is 3.92. The van der Waals surface area contributed by atoms with Crippen LogP contribution >= 0.6 is 24.0 Å². The number of phenols is 1. The molecule has 0 saturated carbocycles. The third kappa shape index (κ3) is 3.67. The highest BCUT2D eigenvalue weighted by Crippen LogP contribution is 2.38. The van der Waals surface area contributed by atoms with E-state index in [1.807, 2.05) is 0 Å². The minimum absolute atomic E-state index is 0.263. The van der Waals surface area contributed by atoms with Gasteiger partial charge in [-0.2, -0.15) is 0 Å². The fraction of sp³-hybridized carbons (Fsp3) is 0.105. The molecule has 28 heavy (non-hydrogen) atoms. The summed E-state index contributed by atoms with van der Waals surface area (Å²) in [4.78, 5) is 25.7. The van der Waals surface area contributed by atoms with Crippen molar-refractivity contribution in [2.75, 3.05) is 19.1 Å². The summed E-state index contributed by atoms with van der Waals surface area (Å²) in [5.74, 6) is -0.978. The van der Waals surface area contributed by atoms with Crippen LogP contribution in [0.5, 0.6) is 17.2 Å². The molecule has 2 aromatic rings. The summed E-state index contributed by atoms with van der Waals surface area (Å²) in [6, 6.07) is 9.10. The van der Waals surface area contributed by atoms with E-state index in [0.717, 1.165) is 17.3 Å². The van der Waals surface area contributed by atoms with E-state index < -0.39 is 5.97 Å². The normalized spacial score (nSPS) is 15.2. The molecule has 1 amide bonds. The number of carboxylic acids is 1. The van der Waals surface area contributed by atoms with Crippen LogP contribution in [0, 0.1) is 0 Å². The third-order valence-electron chi connectivity index (χ3n) is 3.97. The Labute approximate surface area is 170 Å². The van der Waals surface area contributed by atoms with Crippen molar-refractivity contribution in [3.8, 4) is 17.2 Å². The highest BCUT2D eigenvalue weighted by Gasteiger charge is 2.34. The molecule has 2 aromatic carbocycles. The first-order valence-corrected chi connectivity index (χ1v) is 9.14. The van der Waals surface area contributed by atoms with Crippen molar-refractivity contribution in [1.82, 2.24) is 0 Å². The van der Waals surface area contributed by atoms with Gasteiger partial charge in [-0.25, -0.2) is 4.79 Å². The average Bonchev–Trinajstić information content (AvgIpc) is 2.95. The molecule has 2 N–H and O–H groups in total. The van der Waals surface area contributed by atoms with Gasteiger partial charge in [-0.3, -0.25) is 9.69 Å². The monoisotopic (exact) mass is 417 g/mol. The minimum atomic E-state index is -1.30. The number of thioether (sulfide) groups is 1. The number of aromatic carboxylic acids is 1. The molecule has 144 valence electrons. The predicted octanol–water partition coefficient (Wildman–Crippen LogP) is 3.51. The van der Waals surface area contributed by atoms with Crippen LogP contribution in [-0.4, -0.2) is 40.6 Å². The van der Waals surface area contributed by atoms with E-state index in [9.17, 15) is 14.7 Å². The number of aromatic hydroxyl groups is 1. The molecule has 1 heterocycles. The number of amides is 1. The fourth-order valence-electron chi connectivity index (χ4n) is 2.62. The Hall–Kier alpha value is -3.04. The van der Waals surface area contributed by atoms with Crippen molar-refractivity contribution in [3.05, 3.63) is 52.4 Å². The third-order valence-corrected chi connectivity index (χ3v) is 5.27. The summed E-state index contributed by atoms with van der Waals surface area (Å²) in [7, 11) is 3.05. The zero-order valence-electron chi connectivity index (χ0n) is 14.8. The lowest BCUT2D eigenvalue weighted by Gasteiger charge is -2.15. The van der Waals surface area contributed by atoms with Crippen LogP contribution in [0.1, 0.15) is 15.9 Å². The van der Waals surface area contributed by atoms with Gasteiger partial charge in [-0.1, -0.05) is 30.0 Å². The van der Waals surface area contributed by atoms with E-state index in [-0.39, 0.29) is 27.2 Å². The molecule has 3 rings (SSSR count). The van der Waals surface area contributed by atoms with Gasteiger partial charge < -0.3 is 19.7 Å². The summed E-state index contributed by atoms with van der Waals surface area (Å²) in [6.45, 7) is 0. The van der Waals surface area contributed by atoms with Gasteiger partial charge in [0.05, 0.1) is 24.8 Å². The number of carboxylic acid groups (broad SMARTS) is 1. The smallest absolute Gasteiger partial charge is 0.339 e. The Kier molecular flexibility index (Phi) is 5.57. The second kappa shape index (κ2) is 7.91. The molecule has 9 heteroatoms. The quantitative estimate of drug-likeness (QED) is 0.564. The molecule has 0 spiro atoms. The molecule has 0 unspecified atom stereocenters. The van der Waals surface area contributed by atoms with Gasteiger partial charge in [0, 0.05) is 0 Å². The van der Waals surface area contributed by atoms with Crippen LogP contribution in [0.4, 0.5) is 5.69 Å². The van der Waals surface area contributed by atoms with Crippen LogP contribution in [0.3, 0.4) is 0 Å². The number of thiocarbonyl (C=S) groups is 1. The summed E-state index contributed by atoms with van der Waals surface area (Å²) < 4.78 is 10.7. The number of ether oxygens (including phenoxy) is 2. The van der Waals surface area contributed by atoms with E-state index in [0.29, 0.717) is 16.4 Å². The van der Waals surface area contributed by atoms with E-state index in [4.69, 9.17) is 26.8 Å². The Morgan fingerprint density at radius 1 is 1.14 bits per heavy atom. The van der Waals surface area contributed by atoms with Gasteiger partial charge in [0.2, 0.25) is 0 Å². The lowest BCUT2D eigenvalue weighted by molar-refractivity contribution is -0.113. The van der Waals surface area contributed by atoms with E-state index in [1.165, 1.54) is 37.3 Å². The molecule has 0 radical (unpaired) electrons. The lowest BCUT2D eigenvalue weighted by atomic mass is 10.1. The van der Waals surface area contributed by atoms with Crippen LogP contribution in [-0.2, 0) is 4.79 Å². The number of benzene rings is 2. The van der Waals surface area contributed by atoms with Gasteiger partial charge in [0.1, 0.15) is 11.3 Å². The number of carbonyl (C=O) groups excluding carboxylic acids is 1. The van der Waals surface area contributed by atoms with E-state index >= 15 is 0 Å². The number of carbonyl (C=O) groups is 2.